The van der Waals surface area contributed by atoms with E-state index in [0.29, 0.717) is 43.9 Å². The molecule has 0 aliphatic carbocycles. The summed E-state index contributed by atoms with van der Waals surface area (Å²) < 4.78 is 6.75. The first-order valence-corrected chi connectivity index (χ1v) is 10.6. The number of piperazine rings is 1. The summed E-state index contributed by atoms with van der Waals surface area (Å²) in [5, 5.41) is 12.1. The van der Waals surface area contributed by atoms with Crippen LogP contribution < -0.4 is 9.64 Å². The maximum absolute atomic E-state index is 13.0. The largest absolute Gasteiger partial charge is 0.492 e. The number of hydrogen-bond donors (Lipinski definition) is 0. The van der Waals surface area contributed by atoms with Crippen LogP contribution in [0.3, 0.4) is 0 Å². The summed E-state index contributed by atoms with van der Waals surface area (Å²) in [6.07, 6.45) is 0. The Morgan fingerprint density at radius 1 is 1.20 bits per heavy atom. The van der Waals surface area contributed by atoms with Crippen LogP contribution in [0.15, 0.2) is 36.4 Å². The molecule has 1 fully saturated rings. The second kappa shape index (κ2) is 8.27. The van der Waals surface area contributed by atoms with Gasteiger partial charge < -0.3 is 14.5 Å². The Morgan fingerprint density at radius 2 is 1.93 bits per heavy atom. The highest BCUT2D eigenvalue weighted by Crippen LogP contribution is 2.34. The number of ether oxygens (including phenoxy) is 1. The Hall–Kier alpha value is -3.20. The normalized spacial score (nSPS) is 14.2. The number of anilines is 1. The average molecular weight is 426 g/mol. The van der Waals surface area contributed by atoms with E-state index in [-0.39, 0.29) is 11.6 Å². The van der Waals surface area contributed by atoms with E-state index < -0.39 is 4.92 Å². The molecule has 1 saturated heterocycles. The fourth-order valence-corrected chi connectivity index (χ4v) is 4.68. The summed E-state index contributed by atoms with van der Waals surface area (Å²) >= 11 is 1.61. The number of benzene rings is 2. The van der Waals surface area contributed by atoms with E-state index in [2.05, 4.69) is 4.90 Å². The molecule has 1 amide bonds. The highest BCUT2D eigenvalue weighted by atomic mass is 32.1. The van der Waals surface area contributed by atoms with Crippen molar-refractivity contribution in [2.45, 2.75) is 13.8 Å². The SMILES string of the molecule is CCOc1cccc2sc(N3CCN(C(=O)c4cccc([N+](=O)[O-])c4C)CC3)nc12. The van der Waals surface area contributed by atoms with Crippen molar-refractivity contribution in [3.8, 4) is 5.75 Å². The monoisotopic (exact) mass is 426 g/mol. The Labute approximate surface area is 177 Å². The van der Waals surface area contributed by atoms with Crippen molar-refractivity contribution < 1.29 is 14.5 Å². The molecular weight excluding hydrogens is 404 g/mol. The Balaban J connectivity index is 1.49. The van der Waals surface area contributed by atoms with Gasteiger partial charge in [0.1, 0.15) is 11.3 Å². The molecule has 156 valence electrons. The lowest BCUT2D eigenvalue weighted by atomic mass is 10.1. The lowest BCUT2D eigenvalue weighted by Gasteiger charge is -2.34. The average Bonchev–Trinajstić information content (AvgIpc) is 3.19. The standard InChI is InChI=1S/C21H22N4O4S/c1-3-29-17-8-5-9-18-19(17)22-21(30-18)24-12-10-23(11-13-24)20(26)15-6-4-7-16(14(15)2)25(27)28/h4-9H,3,10-13H2,1-2H3. The Kier molecular flexibility index (Phi) is 5.54. The van der Waals surface area contributed by atoms with Gasteiger partial charge in [-0.3, -0.25) is 14.9 Å². The second-order valence-electron chi connectivity index (χ2n) is 7.02. The third-order valence-electron chi connectivity index (χ3n) is 5.24. The van der Waals surface area contributed by atoms with Crippen molar-refractivity contribution in [3.05, 3.63) is 57.6 Å². The highest BCUT2D eigenvalue weighted by Gasteiger charge is 2.27. The number of hydrogen-bond acceptors (Lipinski definition) is 7. The van der Waals surface area contributed by atoms with Crippen LogP contribution in [-0.2, 0) is 0 Å². The van der Waals surface area contributed by atoms with Gasteiger partial charge in [-0.25, -0.2) is 4.98 Å². The molecule has 9 heteroatoms. The summed E-state index contributed by atoms with van der Waals surface area (Å²) in [4.78, 5) is 32.4. The van der Waals surface area contributed by atoms with Crippen molar-refractivity contribution in [2.75, 3.05) is 37.7 Å². The number of fused-ring (bicyclic) bond motifs is 1. The first kappa shape index (κ1) is 20.1. The quantitative estimate of drug-likeness (QED) is 0.454. The van der Waals surface area contributed by atoms with Crippen LogP contribution in [0.2, 0.25) is 0 Å². The molecule has 1 aliphatic rings. The van der Waals surface area contributed by atoms with E-state index >= 15 is 0 Å². The number of thiazole rings is 1. The predicted molar refractivity (Wildman–Crippen MR) is 117 cm³/mol. The fraction of sp³-hybridized carbons (Fsp3) is 0.333. The molecule has 8 nitrogen and oxygen atoms in total. The third-order valence-corrected chi connectivity index (χ3v) is 6.32. The number of amides is 1. The summed E-state index contributed by atoms with van der Waals surface area (Å²) in [5.41, 5.74) is 1.63. The third kappa shape index (κ3) is 3.68. The van der Waals surface area contributed by atoms with Gasteiger partial charge >= 0.3 is 0 Å². The summed E-state index contributed by atoms with van der Waals surface area (Å²) in [6.45, 7) is 6.55. The fourth-order valence-electron chi connectivity index (χ4n) is 3.64. The van der Waals surface area contributed by atoms with Crippen LogP contribution in [0.1, 0.15) is 22.8 Å². The molecule has 4 rings (SSSR count). The highest BCUT2D eigenvalue weighted by molar-refractivity contribution is 7.22. The lowest BCUT2D eigenvalue weighted by Crippen LogP contribution is -2.48. The van der Waals surface area contributed by atoms with Gasteiger partial charge in [-0.15, -0.1) is 0 Å². The molecule has 0 radical (unpaired) electrons. The molecule has 30 heavy (non-hydrogen) atoms. The maximum Gasteiger partial charge on any atom is 0.273 e. The van der Waals surface area contributed by atoms with Crippen molar-refractivity contribution in [3.63, 3.8) is 0 Å². The van der Waals surface area contributed by atoms with E-state index in [1.165, 1.54) is 6.07 Å². The molecular formula is C21H22N4O4S. The molecule has 1 aliphatic heterocycles. The Morgan fingerprint density at radius 3 is 2.63 bits per heavy atom. The first-order valence-electron chi connectivity index (χ1n) is 9.80. The van der Waals surface area contributed by atoms with Crippen molar-refractivity contribution in [1.82, 2.24) is 9.88 Å². The molecule has 0 bridgehead atoms. The number of nitro benzene ring substituents is 1. The summed E-state index contributed by atoms with van der Waals surface area (Å²) in [5.74, 6) is 0.617. The van der Waals surface area contributed by atoms with Gasteiger partial charge in [-0.1, -0.05) is 23.5 Å². The van der Waals surface area contributed by atoms with Gasteiger partial charge in [-0.05, 0) is 32.0 Å². The van der Waals surface area contributed by atoms with Crippen molar-refractivity contribution in [2.24, 2.45) is 0 Å². The number of para-hydroxylation sites is 1. The maximum atomic E-state index is 13.0. The van der Waals surface area contributed by atoms with Gasteiger partial charge in [0, 0.05) is 43.4 Å². The topological polar surface area (TPSA) is 88.8 Å². The molecule has 0 N–H and O–H groups in total. The molecule has 0 spiro atoms. The van der Waals surface area contributed by atoms with E-state index in [4.69, 9.17) is 9.72 Å². The minimum atomic E-state index is -0.451. The number of aromatic nitrogens is 1. The molecule has 1 aromatic heterocycles. The zero-order chi connectivity index (χ0) is 21.3. The van der Waals surface area contributed by atoms with Gasteiger partial charge in [0.05, 0.1) is 16.2 Å². The van der Waals surface area contributed by atoms with E-state index in [1.807, 2.05) is 25.1 Å². The molecule has 0 unspecified atom stereocenters. The summed E-state index contributed by atoms with van der Waals surface area (Å²) in [7, 11) is 0. The zero-order valence-electron chi connectivity index (χ0n) is 16.8. The molecule has 2 heterocycles. The van der Waals surface area contributed by atoms with E-state index in [0.717, 1.165) is 21.1 Å². The minimum Gasteiger partial charge on any atom is -0.492 e. The molecule has 0 saturated carbocycles. The summed E-state index contributed by atoms with van der Waals surface area (Å²) in [6, 6.07) is 10.6. The van der Waals surface area contributed by atoms with Crippen LogP contribution >= 0.6 is 11.3 Å². The predicted octanol–water partition coefficient (Wildman–Crippen LogP) is 3.87. The van der Waals surface area contributed by atoms with Crippen molar-refractivity contribution >= 4 is 38.3 Å². The number of rotatable bonds is 5. The van der Waals surface area contributed by atoms with Gasteiger partial charge in [0.2, 0.25) is 0 Å². The van der Waals surface area contributed by atoms with Gasteiger partial charge in [0.15, 0.2) is 5.13 Å². The number of nitrogens with zero attached hydrogens (tertiary/aromatic N) is 4. The van der Waals surface area contributed by atoms with Crippen LogP contribution in [0.4, 0.5) is 10.8 Å². The zero-order valence-corrected chi connectivity index (χ0v) is 17.6. The number of carbonyl (C=O) groups excluding carboxylic acids is 1. The smallest absolute Gasteiger partial charge is 0.273 e. The first-order chi connectivity index (χ1) is 14.5. The van der Waals surface area contributed by atoms with Gasteiger partial charge in [0.25, 0.3) is 11.6 Å². The molecule has 3 aromatic rings. The lowest BCUT2D eigenvalue weighted by molar-refractivity contribution is -0.385. The molecule has 0 atom stereocenters. The Bertz CT molecular complexity index is 1110. The van der Waals surface area contributed by atoms with E-state index in [9.17, 15) is 14.9 Å². The van der Waals surface area contributed by atoms with Gasteiger partial charge in [-0.2, -0.15) is 0 Å². The van der Waals surface area contributed by atoms with Crippen LogP contribution in [0.5, 0.6) is 5.75 Å². The van der Waals surface area contributed by atoms with E-state index in [1.54, 1.807) is 35.3 Å². The molecule has 2 aromatic carbocycles. The van der Waals surface area contributed by atoms with Crippen LogP contribution in [0, 0.1) is 17.0 Å². The minimum absolute atomic E-state index is 0.0286. The van der Waals surface area contributed by atoms with Crippen molar-refractivity contribution in [1.29, 1.82) is 0 Å². The second-order valence-corrected chi connectivity index (χ2v) is 8.03. The number of carbonyl (C=O) groups is 1. The van der Waals surface area contributed by atoms with Crippen LogP contribution in [-0.4, -0.2) is 53.5 Å². The van der Waals surface area contributed by atoms with Crippen LogP contribution in [0.25, 0.3) is 10.2 Å². The number of nitro groups is 1.